The molecular formula is C18H25N5O2. The molecule has 1 amide bonds. The molecule has 3 heterocycles. The molecule has 7 nitrogen and oxygen atoms in total. The largest absolute Gasteiger partial charge is 0.351 e. The van der Waals surface area contributed by atoms with Crippen LogP contribution in [0.2, 0.25) is 0 Å². The van der Waals surface area contributed by atoms with Crippen molar-refractivity contribution in [2.24, 2.45) is 5.92 Å². The summed E-state index contributed by atoms with van der Waals surface area (Å²) >= 11 is 0. The summed E-state index contributed by atoms with van der Waals surface area (Å²) in [5.41, 5.74) is 1.12. The Kier molecular flexibility index (Phi) is 4.81. The zero-order valence-corrected chi connectivity index (χ0v) is 14.5. The molecule has 0 N–H and O–H groups in total. The molecule has 0 radical (unpaired) electrons. The average Bonchev–Trinajstić information content (AvgIpc) is 3.34. The van der Waals surface area contributed by atoms with Gasteiger partial charge < -0.3 is 9.42 Å². The first-order valence-electron chi connectivity index (χ1n) is 9.40. The standard InChI is InChI=1S/C18H25N5O2/c24-18(17-6-9-19-25-17)22-10-7-16(8-11-22)23-13-15(20-21-23)12-14-4-2-1-3-5-14/h6,9,13-14,16H,1-5,7-8,10-12H2. The van der Waals surface area contributed by atoms with Gasteiger partial charge in [-0.3, -0.25) is 4.79 Å². The van der Waals surface area contributed by atoms with Gasteiger partial charge in [0.15, 0.2) is 0 Å². The van der Waals surface area contributed by atoms with Crippen LogP contribution in [0.5, 0.6) is 0 Å². The Morgan fingerprint density at radius 2 is 1.96 bits per heavy atom. The van der Waals surface area contributed by atoms with E-state index in [0.29, 0.717) is 24.9 Å². The lowest BCUT2D eigenvalue weighted by Crippen LogP contribution is -2.39. The van der Waals surface area contributed by atoms with Gasteiger partial charge in [0, 0.05) is 25.4 Å². The topological polar surface area (TPSA) is 77.0 Å². The van der Waals surface area contributed by atoms with Gasteiger partial charge in [0.1, 0.15) is 0 Å². The number of amides is 1. The molecule has 1 saturated carbocycles. The van der Waals surface area contributed by atoms with E-state index in [4.69, 9.17) is 4.52 Å². The van der Waals surface area contributed by atoms with Gasteiger partial charge in [-0.1, -0.05) is 42.5 Å². The summed E-state index contributed by atoms with van der Waals surface area (Å²) < 4.78 is 6.98. The summed E-state index contributed by atoms with van der Waals surface area (Å²) in [7, 11) is 0. The Labute approximate surface area is 147 Å². The van der Waals surface area contributed by atoms with E-state index in [1.165, 1.54) is 38.3 Å². The zero-order valence-electron chi connectivity index (χ0n) is 14.5. The summed E-state index contributed by atoms with van der Waals surface area (Å²) in [4.78, 5) is 14.1. The summed E-state index contributed by atoms with van der Waals surface area (Å²) in [6.07, 6.45) is 13.2. The first-order chi connectivity index (χ1) is 12.3. The van der Waals surface area contributed by atoms with Crippen molar-refractivity contribution in [3.63, 3.8) is 0 Å². The Morgan fingerprint density at radius 1 is 1.16 bits per heavy atom. The second kappa shape index (κ2) is 7.37. The van der Waals surface area contributed by atoms with Crippen LogP contribution in [0.15, 0.2) is 23.0 Å². The lowest BCUT2D eigenvalue weighted by Gasteiger charge is -2.31. The number of nitrogens with zero attached hydrogens (tertiary/aromatic N) is 5. The molecule has 25 heavy (non-hydrogen) atoms. The minimum absolute atomic E-state index is 0.0764. The maximum atomic E-state index is 12.3. The van der Waals surface area contributed by atoms with Crippen molar-refractivity contribution in [3.8, 4) is 0 Å². The molecule has 0 aromatic carbocycles. The molecule has 2 aromatic rings. The molecule has 1 saturated heterocycles. The van der Waals surface area contributed by atoms with Gasteiger partial charge in [0.05, 0.1) is 17.9 Å². The van der Waals surface area contributed by atoms with E-state index < -0.39 is 0 Å². The molecular weight excluding hydrogens is 318 g/mol. The average molecular weight is 343 g/mol. The number of aromatic nitrogens is 4. The van der Waals surface area contributed by atoms with Crippen LogP contribution in [0, 0.1) is 5.92 Å². The van der Waals surface area contributed by atoms with E-state index in [0.717, 1.165) is 30.9 Å². The van der Waals surface area contributed by atoms with E-state index in [9.17, 15) is 4.79 Å². The lowest BCUT2D eigenvalue weighted by molar-refractivity contribution is 0.0647. The molecule has 2 aliphatic rings. The van der Waals surface area contributed by atoms with Crippen molar-refractivity contribution in [2.75, 3.05) is 13.1 Å². The van der Waals surface area contributed by atoms with Gasteiger partial charge in [-0.05, 0) is 25.2 Å². The second-order valence-corrected chi connectivity index (χ2v) is 7.30. The Morgan fingerprint density at radius 3 is 2.68 bits per heavy atom. The van der Waals surface area contributed by atoms with Gasteiger partial charge in [0.2, 0.25) is 5.76 Å². The van der Waals surface area contributed by atoms with Crippen LogP contribution in [0.3, 0.4) is 0 Å². The highest BCUT2D eigenvalue weighted by atomic mass is 16.5. The van der Waals surface area contributed by atoms with E-state index >= 15 is 0 Å². The fraction of sp³-hybridized carbons (Fsp3) is 0.667. The monoisotopic (exact) mass is 343 g/mol. The van der Waals surface area contributed by atoms with Crippen molar-refractivity contribution in [3.05, 3.63) is 29.9 Å². The van der Waals surface area contributed by atoms with Crippen molar-refractivity contribution in [1.29, 1.82) is 0 Å². The lowest BCUT2D eigenvalue weighted by atomic mass is 9.86. The van der Waals surface area contributed by atoms with Gasteiger partial charge in [0.25, 0.3) is 5.91 Å². The molecule has 0 spiro atoms. The maximum absolute atomic E-state index is 12.3. The Bertz CT molecular complexity index is 682. The number of hydrogen-bond donors (Lipinski definition) is 0. The van der Waals surface area contributed by atoms with Crippen LogP contribution in [-0.2, 0) is 6.42 Å². The smallest absolute Gasteiger partial charge is 0.292 e. The van der Waals surface area contributed by atoms with Gasteiger partial charge in [-0.2, -0.15) is 0 Å². The molecule has 7 heteroatoms. The van der Waals surface area contributed by atoms with Gasteiger partial charge >= 0.3 is 0 Å². The fourth-order valence-corrected chi connectivity index (χ4v) is 4.09. The number of rotatable bonds is 4. The Balaban J connectivity index is 1.31. The highest BCUT2D eigenvalue weighted by Gasteiger charge is 2.27. The molecule has 0 unspecified atom stereocenters. The predicted molar refractivity (Wildman–Crippen MR) is 91.0 cm³/mol. The van der Waals surface area contributed by atoms with Crippen LogP contribution in [-0.4, -0.2) is 44.0 Å². The summed E-state index contributed by atoms with van der Waals surface area (Å²) in [5, 5.41) is 12.4. The van der Waals surface area contributed by atoms with Gasteiger partial charge in [-0.15, -0.1) is 5.10 Å². The summed E-state index contributed by atoms with van der Waals surface area (Å²) in [5.74, 6) is 1.02. The number of hydrogen-bond acceptors (Lipinski definition) is 5. The normalized spacial score (nSPS) is 20.1. The van der Waals surface area contributed by atoms with Crippen molar-refractivity contribution < 1.29 is 9.32 Å². The van der Waals surface area contributed by atoms with E-state index in [2.05, 4.69) is 21.7 Å². The van der Waals surface area contributed by atoms with Crippen LogP contribution < -0.4 is 0 Å². The van der Waals surface area contributed by atoms with E-state index in [1.54, 1.807) is 6.07 Å². The van der Waals surface area contributed by atoms with Crippen molar-refractivity contribution in [1.82, 2.24) is 25.1 Å². The van der Waals surface area contributed by atoms with Crippen molar-refractivity contribution >= 4 is 5.91 Å². The van der Waals surface area contributed by atoms with E-state index in [-0.39, 0.29) is 5.91 Å². The van der Waals surface area contributed by atoms with Crippen LogP contribution in [0.1, 0.15) is 67.2 Å². The number of carbonyl (C=O) groups excluding carboxylic acids is 1. The third-order valence-corrected chi connectivity index (χ3v) is 5.55. The number of piperidine rings is 1. The molecule has 2 aromatic heterocycles. The second-order valence-electron chi connectivity index (χ2n) is 7.30. The molecule has 2 fully saturated rings. The van der Waals surface area contributed by atoms with Gasteiger partial charge in [-0.25, -0.2) is 4.68 Å². The maximum Gasteiger partial charge on any atom is 0.292 e. The SMILES string of the molecule is O=C(c1ccno1)N1CCC(n2cc(CC3CCCCC3)nn2)CC1. The molecule has 134 valence electrons. The first kappa shape index (κ1) is 16.3. The zero-order chi connectivity index (χ0) is 17.1. The van der Waals surface area contributed by atoms with Crippen LogP contribution in [0.4, 0.5) is 0 Å². The summed E-state index contributed by atoms with van der Waals surface area (Å²) in [6, 6.07) is 1.94. The third-order valence-electron chi connectivity index (χ3n) is 5.55. The fourth-order valence-electron chi connectivity index (χ4n) is 4.09. The minimum Gasteiger partial charge on any atom is -0.351 e. The van der Waals surface area contributed by atoms with Crippen LogP contribution in [0.25, 0.3) is 0 Å². The van der Waals surface area contributed by atoms with Crippen LogP contribution >= 0.6 is 0 Å². The highest BCUT2D eigenvalue weighted by molar-refractivity contribution is 5.91. The third kappa shape index (κ3) is 3.75. The van der Waals surface area contributed by atoms with Crippen molar-refractivity contribution in [2.45, 2.75) is 57.4 Å². The highest BCUT2D eigenvalue weighted by Crippen LogP contribution is 2.27. The molecule has 0 atom stereocenters. The molecule has 1 aliphatic heterocycles. The number of carbonyl (C=O) groups is 1. The predicted octanol–water partition coefficient (Wildman–Crippen LogP) is 2.87. The summed E-state index contributed by atoms with van der Waals surface area (Å²) in [6.45, 7) is 1.42. The quantitative estimate of drug-likeness (QED) is 0.853. The Hall–Kier alpha value is -2.18. The molecule has 0 bridgehead atoms. The molecule has 4 rings (SSSR count). The van der Waals surface area contributed by atoms with E-state index in [1.807, 2.05) is 9.58 Å². The minimum atomic E-state index is -0.0764. The molecule has 1 aliphatic carbocycles. The first-order valence-corrected chi connectivity index (χ1v) is 9.40. The number of likely N-dealkylation sites (tertiary alicyclic amines) is 1.